The van der Waals surface area contributed by atoms with Crippen LogP contribution >= 0.6 is 0 Å². The van der Waals surface area contributed by atoms with Crippen molar-refractivity contribution >= 4 is 10.0 Å². The Labute approximate surface area is 92.4 Å². The number of nitrogens with one attached hydrogen (secondary N) is 1. The maximum atomic E-state index is 11.7. The molecule has 3 N–H and O–H groups in total. The molecule has 0 amide bonds. The van der Waals surface area contributed by atoms with Crippen molar-refractivity contribution in [3.05, 3.63) is 0 Å². The van der Waals surface area contributed by atoms with Crippen molar-refractivity contribution in [2.24, 2.45) is 5.73 Å². The molecule has 6 heteroatoms. The van der Waals surface area contributed by atoms with Crippen LogP contribution in [0.15, 0.2) is 0 Å². The minimum absolute atomic E-state index is 0.146. The van der Waals surface area contributed by atoms with E-state index in [4.69, 9.17) is 10.5 Å². The Morgan fingerprint density at radius 1 is 1.40 bits per heavy atom. The highest BCUT2D eigenvalue weighted by Gasteiger charge is 2.23. The number of hydrogen-bond donors (Lipinski definition) is 2. The average molecular weight is 238 g/mol. The van der Waals surface area contributed by atoms with Gasteiger partial charge in [0.15, 0.2) is 0 Å². The van der Waals surface area contributed by atoms with Crippen molar-refractivity contribution in [3.8, 4) is 0 Å². The van der Waals surface area contributed by atoms with Gasteiger partial charge in [-0.15, -0.1) is 0 Å². The summed E-state index contributed by atoms with van der Waals surface area (Å²) in [7, 11) is -3.31. The van der Waals surface area contributed by atoms with Crippen molar-refractivity contribution in [2.45, 2.75) is 38.5 Å². The van der Waals surface area contributed by atoms with Crippen LogP contribution in [-0.4, -0.2) is 39.5 Å². The molecule has 0 aromatic rings. The lowest BCUT2D eigenvalue weighted by Gasteiger charge is -2.18. The molecule has 0 rings (SSSR count). The van der Waals surface area contributed by atoms with E-state index in [1.54, 1.807) is 6.92 Å². The fraction of sp³-hybridized carbons (Fsp3) is 1.00. The molecular weight excluding hydrogens is 216 g/mol. The smallest absolute Gasteiger partial charge is 0.216 e. The molecule has 0 saturated carbocycles. The van der Waals surface area contributed by atoms with Crippen LogP contribution in [0.1, 0.15) is 27.2 Å². The van der Waals surface area contributed by atoms with Gasteiger partial charge in [-0.2, -0.15) is 0 Å². The van der Waals surface area contributed by atoms with Crippen LogP contribution in [0.2, 0.25) is 0 Å². The summed E-state index contributed by atoms with van der Waals surface area (Å²) in [5, 5.41) is -0.512. The first-order valence-electron chi connectivity index (χ1n) is 5.26. The summed E-state index contributed by atoms with van der Waals surface area (Å²) in [5.41, 5.74) is 5.39. The Kier molecular flexibility index (Phi) is 7.08. The SMILES string of the molecule is CCOCC(C)NS(=O)(=O)C(CC)CN. The van der Waals surface area contributed by atoms with E-state index in [1.165, 1.54) is 0 Å². The summed E-state index contributed by atoms with van der Waals surface area (Å²) < 4.78 is 31.1. The summed E-state index contributed by atoms with van der Waals surface area (Å²) >= 11 is 0. The lowest BCUT2D eigenvalue weighted by molar-refractivity contribution is 0.133. The Morgan fingerprint density at radius 2 is 2.00 bits per heavy atom. The molecule has 0 saturated heterocycles. The molecule has 0 bridgehead atoms. The summed E-state index contributed by atoms with van der Waals surface area (Å²) in [4.78, 5) is 0. The second-order valence-corrected chi connectivity index (χ2v) is 5.48. The fourth-order valence-electron chi connectivity index (χ4n) is 1.22. The third kappa shape index (κ3) is 5.46. The Morgan fingerprint density at radius 3 is 2.40 bits per heavy atom. The molecule has 0 aliphatic heterocycles. The predicted octanol–water partition coefficient (Wildman–Crippen LogP) is 0.0681. The molecule has 92 valence electrons. The molecule has 0 aromatic heterocycles. The van der Waals surface area contributed by atoms with Gasteiger partial charge in [0.2, 0.25) is 10.0 Å². The van der Waals surface area contributed by atoms with Crippen molar-refractivity contribution in [3.63, 3.8) is 0 Å². The Balaban J connectivity index is 4.24. The van der Waals surface area contributed by atoms with Crippen molar-refractivity contribution in [2.75, 3.05) is 19.8 Å². The van der Waals surface area contributed by atoms with E-state index in [0.29, 0.717) is 19.6 Å². The van der Waals surface area contributed by atoms with Gasteiger partial charge in [0.25, 0.3) is 0 Å². The summed E-state index contributed by atoms with van der Waals surface area (Å²) in [6, 6.07) is -0.212. The van der Waals surface area contributed by atoms with Crippen molar-refractivity contribution < 1.29 is 13.2 Å². The zero-order chi connectivity index (χ0) is 11.9. The van der Waals surface area contributed by atoms with Gasteiger partial charge in [0.05, 0.1) is 11.9 Å². The molecule has 5 nitrogen and oxygen atoms in total. The average Bonchev–Trinajstić information content (AvgIpc) is 2.15. The quantitative estimate of drug-likeness (QED) is 0.627. The molecule has 0 spiro atoms. The number of rotatable bonds is 8. The van der Waals surface area contributed by atoms with Crippen LogP contribution in [0.25, 0.3) is 0 Å². The monoisotopic (exact) mass is 238 g/mol. The Bertz CT molecular complexity index is 250. The summed E-state index contributed by atoms with van der Waals surface area (Å²) in [5.74, 6) is 0. The van der Waals surface area contributed by atoms with Gasteiger partial charge in [-0.3, -0.25) is 0 Å². The summed E-state index contributed by atoms with van der Waals surface area (Å²) in [6.07, 6.45) is 0.521. The first-order valence-corrected chi connectivity index (χ1v) is 6.81. The molecule has 0 heterocycles. The third-order valence-corrected chi connectivity index (χ3v) is 4.23. The van der Waals surface area contributed by atoms with Gasteiger partial charge in [0.1, 0.15) is 0 Å². The third-order valence-electron chi connectivity index (χ3n) is 2.09. The van der Waals surface area contributed by atoms with E-state index in [9.17, 15) is 8.42 Å². The fourth-order valence-corrected chi connectivity index (χ4v) is 2.73. The van der Waals surface area contributed by atoms with E-state index in [1.807, 2.05) is 13.8 Å². The largest absolute Gasteiger partial charge is 0.380 e. The molecule has 0 aliphatic carbocycles. The van der Waals surface area contributed by atoms with E-state index >= 15 is 0 Å². The van der Waals surface area contributed by atoms with E-state index in [-0.39, 0.29) is 12.6 Å². The highest BCUT2D eigenvalue weighted by Crippen LogP contribution is 2.03. The van der Waals surface area contributed by atoms with Crippen molar-refractivity contribution in [1.29, 1.82) is 0 Å². The predicted molar refractivity (Wildman–Crippen MR) is 61.1 cm³/mol. The second-order valence-electron chi connectivity index (χ2n) is 3.49. The highest BCUT2D eigenvalue weighted by molar-refractivity contribution is 7.90. The molecular formula is C9H22N2O3S. The van der Waals surface area contributed by atoms with Gasteiger partial charge in [-0.05, 0) is 20.3 Å². The maximum absolute atomic E-state index is 11.7. The Hall–Kier alpha value is -0.170. The highest BCUT2D eigenvalue weighted by atomic mass is 32.2. The molecule has 2 unspecified atom stereocenters. The lowest BCUT2D eigenvalue weighted by Crippen LogP contribution is -2.44. The van der Waals surface area contributed by atoms with E-state index in [0.717, 1.165) is 0 Å². The lowest BCUT2D eigenvalue weighted by atomic mass is 10.3. The van der Waals surface area contributed by atoms with Crippen LogP contribution < -0.4 is 10.5 Å². The molecule has 0 fully saturated rings. The van der Waals surface area contributed by atoms with Crippen LogP contribution in [0, 0.1) is 0 Å². The van der Waals surface area contributed by atoms with Crippen molar-refractivity contribution in [1.82, 2.24) is 4.72 Å². The summed E-state index contributed by atoms with van der Waals surface area (Å²) in [6.45, 7) is 6.57. The number of sulfonamides is 1. The normalized spacial score (nSPS) is 16.3. The second kappa shape index (κ2) is 7.16. The van der Waals surface area contributed by atoms with Crippen LogP contribution in [0.5, 0.6) is 0 Å². The number of nitrogens with two attached hydrogens (primary N) is 1. The molecule has 2 atom stereocenters. The number of ether oxygens (including phenoxy) is 1. The van der Waals surface area contributed by atoms with Gasteiger partial charge < -0.3 is 10.5 Å². The zero-order valence-corrected chi connectivity index (χ0v) is 10.5. The standard InChI is InChI=1S/C9H22N2O3S/c1-4-9(6-10)15(12,13)11-8(3)7-14-5-2/h8-9,11H,4-7,10H2,1-3H3. The van der Waals surface area contributed by atoms with Gasteiger partial charge in [-0.1, -0.05) is 6.92 Å². The maximum Gasteiger partial charge on any atom is 0.216 e. The first kappa shape index (κ1) is 14.8. The van der Waals surface area contributed by atoms with E-state index < -0.39 is 15.3 Å². The zero-order valence-electron chi connectivity index (χ0n) is 9.69. The number of hydrogen-bond acceptors (Lipinski definition) is 4. The minimum atomic E-state index is -3.31. The molecule has 0 radical (unpaired) electrons. The topological polar surface area (TPSA) is 81.4 Å². The van der Waals surface area contributed by atoms with Crippen LogP contribution in [0.3, 0.4) is 0 Å². The minimum Gasteiger partial charge on any atom is -0.380 e. The first-order chi connectivity index (χ1) is 6.97. The molecule has 0 aliphatic rings. The van der Waals surface area contributed by atoms with E-state index in [2.05, 4.69) is 4.72 Å². The van der Waals surface area contributed by atoms with Crippen LogP contribution in [0.4, 0.5) is 0 Å². The molecule has 0 aromatic carbocycles. The van der Waals surface area contributed by atoms with Crippen LogP contribution in [-0.2, 0) is 14.8 Å². The molecule has 15 heavy (non-hydrogen) atoms. The van der Waals surface area contributed by atoms with Gasteiger partial charge >= 0.3 is 0 Å². The van der Waals surface area contributed by atoms with Gasteiger partial charge in [-0.25, -0.2) is 13.1 Å². The van der Waals surface area contributed by atoms with Gasteiger partial charge in [0, 0.05) is 19.2 Å².